The van der Waals surface area contributed by atoms with Crippen LogP contribution in [0.2, 0.25) is 0 Å². The number of carbonyl (C=O) groups is 2. The van der Waals surface area contributed by atoms with Crippen LogP contribution in [0.3, 0.4) is 0 Å². The summed E-state index contributed by atoms with van der Waals surface area (Å²) in [7, 11) is 0. The first-order valence-corrected chi connectivity index (χ1v) is 5.95. The monoisotopic (exact) mass is 272 g/mol. The van der Waals surface area contributed by atoms with Gasteiger partial charge in [0.1, 0.15) is 13.2 Å². The van der Waals surface area contributed by atoms with Gasteiger partial charge in [-0.15, -0.1) is 0 Å². The van der Waals surface area contributed by atoms with Crippen LogP contribution in [0.1, 0.15) is 13.3 Å². The summed E-state index contributed by atoms with van der Waals surface area (Å²) in [5.74, 6) is -0.984. The lowest BCUT2D eigenvalue weighted by atomic mass is 10.5. The van der Waals surface area contributed by atoms with Crippen molar-refractivity contribution in [2.75, 3.05) is 26.4 Å². The third kappa shape index (κ3) is 9.99. The van der Waals surface area contributed by atoms with Crippen molar-refractivity contribution >= 4 is 11.9 Å². The molecule has 0 aromatic carbocycles. The van der Waals surface area contributed by atoms with Crippen molar-refractivity contribution in [1.82, 2.24) is 0 Å². The highest BCUT2D eigenvalue weighted by Crippen LogP contribution is 2.00. The van der Waals surface area contributed by atoms with Gasteiger partial charge in [0.2, 0.25) is 0 Å². The highest BCUT2D eigenvalue weighted by atomic mass is 16.7. The van der Waals surface area contributed by atoms with Crippen molar-refractivity contribution in [3.8, 4) is 0 Å². The lowest BCUT2D eigenvalue weighted by molar-refractivity contribution is -0.167. The van der Waals surface area contributed by atoms with E-state index in [0.29, 0.717) is 6.42 Å². The van der Waals surface area contributed by atoms with Crippen LogP contribution in [0.15, 0.2) is 25.3 Å². The molecule has 0 aromatic heterocycles. The van der Waals surface area contributed by atoms with E-state index in [4.69, 9.17) is 18.9 Å². The molecular weight excluding hydrogens is 252 g/mol. The summed E-state index contributed by atoms with van der Waals surface area (Å²) in [6.45, 7) is 9.16. The first-order valence-electron chi connectivity index (χ1n) is 5.95. The summed E-state index contributed by atoms with van der Waals surface area (Å²) >= 11 is 0. The molecule has 0 heterocycles. The Labute approximate surface area is 113 Å². The van der Waals surface area contributed by atoms with Gasteiger partial charge in [0, 0.05) is 12.2 Å². The predicted octanol–water partition coefficient (Wildman–Crippen LogP) is 1.21. The average molecular weight is 272 g/mol. The van der Waals surface area contributed by atoms with Crippen LogP contribution in [-0.2, 0) is 28.5 Å². The van der Waals surface area contributed by atoms with Gasteiger partial charge in [0.25, 0.3) is 0 Å². The fourth-order valence-electron chi connectivity index (χ4n) is 1.05. The van der Waals surface area contributed by atoms with E-state index in [0.717, 1.165) is 12.2 Å². The fourth-order valence-corrected chi connectivity index (χ4v) is 1.05. The highest BCUT2D eigenvalue weighted by molar-refractivity contribution is 5.81. The Balaban J connectivity index is 3.60. The molecule has 0 spiro atoms. The molecule has 0 rings (SSSR count). The Bertz CT molecular complexity index is 272. The minimum absolute atomic E-state index is 0.135. The molecule has 0 aliphatic carbocycles. The van der Waals surface area contributed by atoms with Crippen LogP contribution in [0.4, 0.5) is 0 Å². The second-order valence-corrected chi connectivity index (χ2v) is 3.32. The predicted molar refractivity (Wildman–Crippen MR) is 68.3 cm³/mol. The number of esters is 2. The van der Waals surface area contributed by atoms with E-state index in [1.54, 1.807) is 0 Å². The molecule has 0 unspecified atom stereocenters. The number of rotatable bonds is 11. The van der Waals surface area contributed by atoms with Gasteiger partial charge in [-0.2, -0.15) is 0 Å². The summed E-state index contributed by atoms with van der Waals surface area (Å²) in [5, 5.41) is 0. The molecular formula is C13H20O6. The Kier molecular flexibility index (Phi) is 10.4. The fraction of sp³-hybridized carbons (Fsp3) is 0.538. The first kappa shape index (κ1) is 17.3. The van der Waals surface area contributed by atoms with Crippen molar-refractivity contribution in [3.05, 3.63) is 25.3 Å². The van der Waals surface area contributed by atoms with Crippen LogP contribution in [0.5, 0.6) is 0 Å². The van der Waals surface area contributed by atoms with E-state index in [1.807, 2.05) is 6.92 Å². The zero-order chi connectivity index (χ0) is 14.5. The Hall–Kier alpha value is -1.66. The first-order chi connectivity index (χ1) is 9.13. The molecule has 0 bridgehead atoms. The SMILES string of the molecule is C=CC(=O)OCCOC(CC)OCCOC(=O)C=C. The van der Waals surface area contributed by atoms with Gasteiger partial charge in [-0.1, -0.05) is 20.1 Å². The summed E-state index contributed by atoms with van der Waals surface area (Å²) < 4.78 is 20.1. The maximum atomic E-state index is 10.7. The van der Waals surface area contributed by atoms with Gasteiger partial charge in [-0.25, -0.2) is 9.59 Å². The largest absolute Gasteiger partial charge is 0.460 e. The molecule has 0 radical (unpaired) electrons. The van der Waals surface area contributed by atoms with E-state index >= 15 is 0 Å². The van der Waals surface area contributed by atoms with Crippen molar-refractivity contribution in [1.29, 1.82) is 0 Å². The van der Waals surface area contributed by atoms with Crippen molar-refractivity contribution < 1.29 is 28.5 Å². The molecule has 0 aliphatic heterocycles. The minimum atomic E-state index is -0.492. The topological polar surface area (TPSA) is 71.1 Å². The van der Waals surface area contributed by atoms with Crippen LogP contribution in [-0.4, -0.2) is 44.7 Å². The Morgan fingerprint density at radius 1 is 0.947 bits per heavy atom. The molecule has 6 nitrogen and oxygen atoms in total. The second-order valence-electron chi connectivity index (χ2n) is 3.32. The molecule has 0 atom stereocenters. The molecule has 0 N–H and O–H groups in total. The summed E-state index contributed by atoms with van der Waals surface area (Å²) in [6.07, 6.45) is 2.37. The maximum absolute atomic E-state index is 10.7. The smallest absolute Gasteiger partial charge is 0.330 e. The van der Waals surface area contributed by atoms with Crippen LogP contribution in [0, 0.1) is 0 Å². The van der Waals surface area contributed by atoms with Crippen molar-refractivity contribution in [2.24, 2.45) is 0 Å². The molecule has 0 aromatic rings. The number of hydrogen-bond acceptors (Lipinski definition) is 6. The van der Waals surface area contributed by atoms with Gasteiger partial charge in [0.05, 0.1) is 13.2 Å². The number of carbonyl (C=O) groups excluding carboxylic acids is 2. The van der Waals surface area contributed by atoms with Gasteiger partial charge in [0.15, 0.2) is 6.29 Å². The van der Waals surface area contributed by atoms with E-state index in [2.05, 4.69) is 13.2 Å². The van der Waals surface area contributed by atoms with Crippen molar-refractivity contribution in [2.45, 2.75) is 19.6 Å². The lowest BCUT2D eigenvalue weighted by Gasteiger charge is -2.16. The number of hydrogen-bond donors (Lipinski definition) is 0. The van der Waals surface area contributed by atoms with E-state index in [9.17, 15) is 9.59 Å². The van der Waals surface area contributed by atoms with E-state index in [1.165, 1.54) is 0 Å². The third-order valence-corrected chi connectivity index (χ3v) is 1.93. The zero-order valence-corrected chi connectivity index (χ0v) is 11.1. The second kappa shape index (κ2) is 11.4. The molecule has 0 aliphatic rings. The molecule has 108 valence electrons. The Morgan fingerprint density at radius 3 is 1.68 bits per heavy atom. The van der Waals surface area contributed by atoms with Crippen molar-refractivity contribution in [3.63, 3.8) is 0 Å². The standard InChI is InChI=1S/C13H20O6/c1-4-11(14)16-7-9-18-13(6-3)19-10-8-17-12(15)5-2/h4-5,13H,1-2,6-10H2,3H3. The van der Waals surface area contributed by atoms with Crippen LogP contribution in [0.25, 0.3) is 0 Å². The van der Waals surface area contributed by atoms with Crippen LogP contribution >= 0.6 is 0 Å². The highest BCUT2D eigenvalue weighted by Gasteiger charge is 2.07. The summed E-state index contributed by atoms with van der Waals surface area (Å²) in [5.41, 5.74) is 0. The van der Waals surface area contributed by atoms with Gasteiger partial charge in [-0.05, 0) is 6.42 Å². The van der Waals surface area contributed by atoms with E-state index in [-0.39, 0.29) is 26.4 Å². The summed E-state index contributed by atoms with van der Waals surface area (Å²) in [4.78, 5) is 21.5. The molecule has 0 amide bonds. The number of ether oxygens (including phenoxy) is 4. The van der Waals surface area contributed by atoms with E-state index < -0.39 is 18.2 Å². The molecule has 19 heavy (non-hydrogen) atoms. The van der Waals surface area contributed by atoms with Gasteiger partial charge >= 0.3 is 11.9 Å². The average Bonchev–Trinajstić information content (AvgIpc) is 2.44. The lowest BCUT2D eigenvalue weighted by Crippen LogP contribution is -2.22. The maximum Gasteiger partial charge on any atom is 0.330 e. The van der Waals surface area contributed by atoms with Crippen LogP contribution < -0.4 is 0 Å². The minimum Gasteiger partial charge on any atom is -0.460 e. The quantitative estimate of drug-likeness (QED) is 0.244. The van der Waals surface area contributed by atoms with Gasteiger partial charge in [-0.3, -0.25) is 0 Å². The summed E-state index contributed by atoms with van der Waals surface area (Å²) in [6, 6.07) is 0. The molecule has 0 saturated carbocycles. The zero-order valence-electron chi connectivity index (χ0n) is 11.1. The molecule has 0 fully saturated rings. The normalized spacial score (nSPS) is 10.0. The Morgan fingerprint density at radius 2 is 1.37 bits per heavy atom. The third-order valence-electron chi connectivity index (χ3n) is 1.93. The molecule has 0 saturated heterocycles. The van der Waals surface area contributed by atoms with Gasteiger partial charge < -0.3 is 18.9 Å². The molecule has 6 heteroatoms.